The lowest BCUT2D eigenvalue weighted by atomic mass is 9.72. The third-order valence-corrected chi connectivity index (χ3v) is 3.87. The molecule has 2 aliphatic rings. The minimum Gasteiger partial charge on any atom is -0.466 e. The van der Waals surface area contributed by atoms with Crippen molar-refractivity contribution in [1.29, 1.82) is 0 Å². The molecular weight excluding hydrogens is 236 g/mol. The second kappa shape index (κ2) is 4.53. The zero-order valence-corrected chi connectivity index (χ0v) is 11.3. The molecule has 2 fully saturated rings. The number of hydrogen-bond donors (Lipinski definition) is 0. The van der Waals surface area contributed by atoms with E-state index in [0.717, 1.165) is 0 Å². The normalized spacial score (nSPS) is 41.8. The molecule has 1 aliphatic heterocycles. The minimum atomic E-state index is -0.538. The van der Waals surface area contributed by atoms with Gasteiger partial charge in [0.25, 0.3) is 0 Å². The molecule has 102 valence electrons. The molecule has 0 aromatic heterocycles. The Bertz CT molecular complexity index is 366. The van der Waals surface area contributed by atoms with Crippen molar-refractivity contribution in [2.24, 2.45) is 11.8 Å². The van der Waals surface area contributed by atoms with E-state index in [2.05, 4.69) is 0 Å². The van der Waals surface area contributed by atoms with E-state index in [1.807, 2.05) is 13.8 Å². The Morgan fingerprint density at radius 1 is 1.44 bits per heavy atom. The van der Waals surface area contributed by atoms with Gasteiger partial charge in [-0.2, -0.15) is 0 Å². The highest BCUT2D eigenvalue weighted by atomic mass is 16.6. The van der Waals surface area contributed by atoms with Gasteiger partial charge >= 0.3 is 11.9 Å². The second-order valence-corrected chi connectivity index (χ2v) is 5.31. The Morgan fingerprint density at radius 3 is 2.67 bits per heavy atom. The first-order valence-electron chi connectivity index (χ1n) is 6.41. The minimum absolute atomic E-state index is 0.0807. The van der Waals surface area contributed by atoms with E-state index in [1.54, 1.807) is 6.92 Å². The van der Waals surface area contributed by atoms with Gasteiger partial charge in [0.2, 0.25) is 0 Å². The summed E-state index contributed by atoms with van der Waals surface area (Å²) in [6, 6.07) is 0. The fraction of sp³-hybridized carbons (Fsp3) is 0.846. The molecule has 1 heterocycles. The summed E-state index contributed by atoms with van der Waals surface area (Å²) in [5.74, 6) is -0.706. The van der Waals surface area contributed by atoms with Gasteiger partial charge in [-0.25, -0.2) is 0 Å². The second-order valence-electron chi connectivity index (χ2n) is 5.31. The standard InChI is InChI=1S/C13H20O5/c1-5-16-12(15)10-7(2)6-9(17-8(3)14)11-13(10,4)18-11/h7,9-11H,5-6H2,1-4H3/t7-,9+,10+,11-,13+/m1/s1. The molecule has 1 saturated carbocycles. The van der Waals surface area contributed by atoms with E-state index in [1.165, 1.54) is 6.92 Å². The van der Waals surface area contributed by atoms with Crippen molar-refractivity contribution in [2.75, 3.05) is 6.61 Å². The van der Waals surface area contributed by atoms with Crippen LogP contribution in [-0.4, -0.2) is 36.4 Å². The first kappa shape index (κ1) is 13.3. The average Bonchev–Trinajstić information content (AvgIpc) is 2.90. The van der Waals surface area contributed by atoms with Gasteiger partial charge in [0, 0.05) is 6.92 Å². The van der Waals surface area contributed by atoms with Crippen LogP contribution in [0.25, 0.3) is 0 Å². The van der Waals surface area contributed by atoms with Crippen molar-refractivity contribution < 1.29 is 23.8 Å². The van der Waals surface area contributed by atoms with Crippen LogP contribution in [0.5, 0.6) is 0 Å². The highest BCUT2D eigenvalue weighted by molar-refractivity contribution is 5.75. The van der Waals surface area contributed by atoms with Gasteiger partial charge in [-0.1, -0.05) is 6.92 Å². The SMILES string of the molecule is CCOC(=O)[C@@H]1[C@H](C)C[C@H](OC(C)=O)[C@H]2O[C@]21C. The lowest BCUT2D eigenvalue weighted by Crippen LogP contribution is -2.46. The van der Waals surface area contributed by atoms with Crippen LogP contribution in [0.15, 0.2) is 0 Å². The highest BCUT2D eigenvalue weighted by Crippen LogP contribution is 2.54. The number of ether oxygens (including phenoxy) is 3. The quantitative estimate of drug-likeness (QED) is 0.562. The molecular formula is C13H20O5. The maximum absolute atomic E-state index is 12.0. The van der Waals surface area contributed by atoms with Crippen molar-refractivity contribution in [3.63, 3.8) is 0 Å². The fourth-order valence-electron chi connectivity index (χ4n) is 3.15. The summed E-state index contributed by atoms with van der Waals surface area (Å²) in [4.78, 5) is 23.0. The van der Waals surface area contributed by atoms with Crippen LogP contribution in [0.2, 0.25) is 0 Å². The van der Waals surface area contributed by atoms with E-state index in [0.29, 0.717) is 13.0 Å². The number of rotatable bonds is 3. The molecule has 1 saturated heterocycles. The Labute approximate surface area is 107 Å². The smallest absolute Gasteiger partial charge is 0.312 e. The molecule has 5 atom stereocenters. The van der Waals surface area contributed by atoms with Gasteiger partial charge in [-0.15, -0.1) is 0 Å². The summed E-state index contributed by atoms with van der Waals surface area (Å²) in [5, 5.41) is 0. The first-order valence-corrected chi connectivity index (χ1v) is 6.41. The Balaban J connectivity index is 2.10. The highest BCUT2D eigenvalue weighted by Gasteiger charge is 2.68. The van der Waals surface area contributed by atoms with E-state index in [-0.39, 0.29) is 36.0 Å². The topological polar surface area (TPSA) is 65.1 Å². The van der Waals surface area contributed by atoms with Gasteiger partial charge in [-0.05, 0) is 26.2 Å². The number of carbonyl (C=O) groups is 2. The van der Waals surface area contributed by atoms with Gasteiger partial charge in [0.05, 0.1) is 12.5 Å². The molecule has 5 nitrogen and oxygen atoms in total. The van der Waals surface area contributed by atoms with Gasteiger partial charge in [0.1, 0.15) is 17.8 Å². The first-order chi connectivity index (χ1) is 8.40. The largest absolute Gasteiger partial charge is 0.466 e. The molecule has 0 N–H and O–H groups in total. The molecule has 0 radical (unpaired) electrons. The lowest BCUT2D eigenvalue weighted by molar-refractivity contribution is -0.155. The number of epoxide rings is 1. The van der Waals surface area contributed by atoms with Crippen LogP contribution < -0.4 is 0 Å². The predicted octanol–water partition coefficient (Wildman–Crippen LogP) is 1.29. The third kappa shape index (κ3) is 2.11. The zero-order valence-electron chi connectivity index (χ0n) is 11.3. The number of carbonyl (C=O) groups excluding carboxylic acids is 2. The number of hydrogen-bond acceptors (Lipinski definition) is 5. The molecule has 0 amide bonds. The summed E-state index contributed by atoms with van der Waals surface area (Å²) in [7, 11) is 0. The van der Waals surface area contributed by atoms with Crippen molar-refractivity contribution in [3.05, 3.63) is 0 Å². The monoisotopic (exact) mass is 256 g/mol. The van der Waals surface area contributed by atoms with E-state index in [4.69, 9.17) is 14.2 Å². The molecule has 0 aromatic rings. The predicted molar refractivity (Wildman–Crippen MR) is 62.7 cm³/mol. The number of esters is 2. The molecule has 0 spiro atoms. The zero-order chi connectivity index (χ0) is 13.5. The number of fused-ring (bicyclic) bond motifs is 1. The molecule has 1 aliphatic carbocycles. The maximum atomic E-state index is 12.0. The molecule has 5 heteroatoms. The summed E-state index contributed by atoms with van der Waals surface area (Å²) in [6.45, 7) is 7.42. The van der Waals surface area contributed by atoms with Crippen LogP contribution in [0, 0.1) is 11.8 Å². The molecule has 0 aromatic carbocycles. The van der Waals surface area contributed by atoms with Crippen molar-refractivity contribution in [1.82, 2.24) is 0 Å². The van der Waals surface area contributed by atoms with Gasteiger partial charge < -0.3 is 14.2 Å². The Hall–Kier alpha value is -1.10. The van der Waals surface area contributed by atoms with Gasteiger partial charge in [-0.3, -0.25) is 9.59 Å². The van der Waals surface area contributed by atoms with Crippen molar-refractivity contribution in [3.8, 4) is 0 Å². The van der Waals surface area contributed by atoms with Crippen LogP contribution in [-0.2, 0) is 23.8 Å². The van der Waals surface area contributed by atoms with Crippen molar-refractivity contribution >= 4 is 11.9 Å². The average molecular weight is 256 g/mol. The van der Waals surface area contributed by atoms with Crippen LogP contribution >= 0.6 is 0 Å². The summed E-state index contributed by atoms with van der Waals surface area (Å²) >= 11 is 0. The molecule has 18 heavy (non-hydrogen) atoms. The Kier molecular flexibility index (Phi) is 3.36. The summed E-state index contributed by atoms with van der Waals surface area (Å²) in [6.07, 6.45) is 0.226. The maximum Gasteiger partial charge on any atom is 0.312 e. The van der Waals surface area contributed by atoms with E-state index >= 15 is 0 Å². The lowest BCUT2D eigenvalue weighted by Gasteiger charge is -2.33. The molecule has 2 rings (SSSR count). The van der Waals surface area contributed by atoms with Crippen molar-refractivity contribution in [2.45, 2.75) is 51.9 Å². The summed E-state index contributed by atoms with van der Waals surface area (Å²) < 4.78 is 16.0. The third-order valence-electron chi connectivity index (χ3n) is 3.87. The Morgan fingerprint density at radius 2 is 2.11 bits per heavy atom. The molecule has 0 unspecified atom stereocenters. The summed E-state index contributed by atoms with van der Waals surface area (Å²) in [5.41, 5.74) is -0.538. The van der Waals surface area contributed by atoms with E-state index in [9.17, 15) is 9.59 Å². The van der Waals surface area contributed by atoms with Crippen LogP contribution in [0.1, 0.15) is 34.1 Å². The van der Waals surface area contributed by atoms with Crippen LogP contribution in [0.3, 0.4) is 0 Å². The van der Waals surface area contributed by atoms with Gasteiger partial charge in [0.15, 0.2) is 0 Å². The fourth-order valence-corrected chi connectivity index (χ4v) is 3.15. The van der Waals surface area contributed by atoms with E-state index < -0.39 is 5.60 Å². The molecule has 0 bridgehead atoms. The van der Waals surface area contributed by atoms with Crippen LogP contribution in [0.4, 0.5) is 0 Å².